The number of hydrogen-bond donors (Lipinski definition) is 0. The van der Waals surface area contributed by atoms with E-state index in [4.69, 9.17) is 9.47 Å². The zero-order valence-electron chi connectivity index (χ0n) is 14.8. The van der Waals surface area contributed by atoms with Crippen molar-refractivity contribution in [3.8, 4) is 20.9 Å². The van der Waals surface area contributed by atoms with E-state index in [1.807, 2.05) is 24.3 Å². The Morgan fingerprint density at radius 1 is 0.793 bits per heavy atom. The molecule has 3 heterocycles. The first-order valence-electron chi connectivity index (χ1n) is 7.96. The van der Waals surface area contributed by atoms with Crippen molar-refractivity contribution in [2.24, 2.45) is 0 Å². The number of halogens is 2. The summed E-state index contributed by atoms with van der Waals surface area (Å²) in [5.41, 5.74) is 2.34. The van der Waals surface area contributed by atoms with Gasteiger partial charge in [-0.1, -0.05) is 0 Å². The minimum absolute atomic E-state index is 0.119. The molecule has 0 spiro atoms. The van der Waals surface area contributed by atoms with Gasteiger partial charge in [-0.3, -0.25) is 0 Å². The number of rotatable bonds is 4. The number of carbonyl (C=O) groups excluding carboxylic acids is 2. The van der Waals surface area contributed by atoms with E-state index >= 15 is 0 Å². The molecule has 29 heavy (non-hydrogen) atoms. The number of nitrogens with zero attached hydrogens (tertiary/aromatic N) is 2. The molecule has 0 fully saturated rings. The smallest absolute Gasteiger partial charge is 0.339 e. The second kappa shape index (κ2) is 8.23. The molecule has 0 radical (unpaired) electrons. The van der Waals surface area contributed by atoms with Gasteiger partial charge in [-0.15, -0.1) is 22.7 Å². The molecule has 11 heteroatoms. The van der Waals surface area contributed by atoms with Crippen LogP contribution in [0.3, 0.4) is 0 Å². The van der Waals surface area contributed by atoms with Gasteiger partial charge in [0.1, 0.15) is 11.0 Å². The van der Waals surface area contributed by atoms with Crippen LogP contribution in [0.2, 0.25) is 0 Å². The first-order chi connectivity index (χ1) is 14.0. The summed E-state index contributed by atoms with van der Waals surface area (Å²) in [5, 5.41) is 0. The van der Waals surface area contributed by atoms with E-state index in [2.05, 4.69) is 40.6 Å². The third kappa shape index (κ3) is 3.55. The average molecular weight is 574 g/mol. The van der Waals surface area contributed by atoms with Crippen molar-refractivity contribution in [1.82, 2.24) is 8.75 Å². The molecule has 6 nitrogen and oxygen atoms in total. The molecule has 4 rings (SSSR count). The number of aromatic nitrogens is 2. The van der Waals surface area contributed by atoms with Gasteiger partial charge < -0.3 is 9.47 Å². The first-order valence-corrected chi connectivity index (χ1v) is 11.9. The fourth-order valence-electron chi connectivity index (χ4n) is 2.99. The second-order valence-corrected chi connectivity index (χ2v) is 11.1. The van der Waals surface area contributed by atoms with E-state index in [1.165, 1.54) is 36.9 Å². The highest BCUT2D eigenvalue weighted by molar-refractivity contribution is 9.11. The van der Waals surface area contributed by atoms with Crippen LogP contribution in [0.1, 0.15) is 20.7 Å². The third-order valence-corrected chi connectivity index (χ3v) is 7.94. The highest BCUT2D eigenvalue weighted by atomic mass is 79.9. The summed E-state index contributed by atoms with van der Waals surface area (Å²) in [6.45, 7) is 0. The van der Waals surface area contributed by atoms with Crippen LogP contribution < -0.4 is 0 Å². The minimum atomic E-state index is -0.642. The summed E-state index contributed by atoms with van der Waals surface area (Å²) in [7, 11) is 2.56. The zero-order chi connectivity index (χ0) is 20.7. The van der Waals surface area contributed by atoms with Gasteiger partial charge in [-0.25, -0.2) is 9.59 Å². The lowest BCUT2D eigenvalue weighted by atomic mass is 9.92. The molecule has 1 aromatic carbocycles. The fraction of sp³-hybridized carbons (Fsp3) is 0.111. The van der Waals surface area contributed by atoms with E-state index in [9.17, 15) is 9.59 Å². The molecule has 148 valence electrons. The van der Waals surface area contributed by atoms with Crippen LogP contribution in [0.25, 0.3) is 31.9 Å². The standard InChI is InChI=1S/C18H10Br2N2O4S3/c1-25-17(23)13-11(7-3-5-9(19)27-7)15-16(22-29-21-15)12(14(13)18(24)26-2)8-4-6-10(20)28-8/h3-6H,1-2H3. The van der Waals surface area contributed by atoms with Gasteiger partial charge >= 0.3 is 11.9 Å². The summed E-state index contributed by atoms with van der Waals surface area (Å²) in [4.78, 5) is 27.4. The number of fused-ring (bicyclic) bond motifs is 1. The maximum atomic E-state index is 12.9. The van der Waals surface area contributed by atoms with Crippen molar-refractivity contribution in [2.75, 3.05) is 14.2 Å². The number of hydrogen-bond acceptors (Lipinski definition) is 9. The summed E-state index contributed by atoms with van der Waals surface area (Å²) in [6.07, 6.45) is 0. The Bertz CT molecular complexity index is 1170. The van der Waals surface area contributed by atoms with E-state index in [-0.39, 0.29) is 11.1 Å². The largest absolute Gasteiger partial charge is 0.465 e. The Morgan fingerprint density at radius 3 is 1.52 bits per heavy atom. The Morgan fingerprint density at radius 2 is 1.21 bits per heavy atom. The van der Waals surface area contributed by atoms with Crippen molar-refractivity contribution >= 4 is 89.2 Å². The fourth-order valence-corrected chi connectivity index (χ4v) is 6.43. The Labute approximate surface area is 194 Å². The molecular weight excluding hydrogens is 564 g/mol. The molecule has 0 aliphatic rings. The summed E-state index contributed by atoms with van der Waals surface area (Å²) >= 11 is 10.8. The summed E-state index contributed by atoms with van der Waals surface area (Å²) in [6, 6.07) is 7.46. The quantitative estimate of drug-likeness (QED) is 0.269. The average Bonchev–Trinajstić information content (AvgIpc) is 3.46. The molecule has 0 amide bonds. The number of esters is 2. The summed E-state index contributed by atoms with van der Waals surface area (Å²) < 4.78 is 20.8. The molecule has 0 saturated carbocycles. The van der Waals surface area contributed by atoms with Gasteiger partial charge in [0, 0.05) is 20.9 Å². The molecule has 3 aromatic heterocycles. The van der Waals surface area contributed by atoms with Crippen LogP contribution in [0.4, 0.5) is 0 Å². The normalized spacial score (nSPS) is 11.0. The van der Waals surface area contributed by atoms with E-state index < -0.39 is 11.9 Å². The molecule has 0 atom stereocenters. The molecule has 0 aliphatic carbocycles. The summed E-state index contributed by atoms with van der Waals surface area (Å²) in [5.74, 6) is -1.28. The Hall–Kier alpha value is -1.66. The molecular formula is C18H10Br2N2O4S3. The number of thiophene rings is 2. The number of carbonyl (C=O) groups is 2. The molecule has 0 unspecified atom stereocenters. The van der Waals surface area contributed by atoms with Crippen molar-refractivity contribution in [2.45, 2.75) is 0 Å². The molecule has 0 bridgehead atoms. The van der Waals surface area contributed by atoms with Crippen LogP contribution >= 0.6 is 66.3 Å². The van der Waals surface area contributed by atoms with Crippen LogP contribution in [0.5, 0.6) is 0 Å². The van der Waals surface area contributed by atoms with Crippen molar-refractivity contribution < 1.29 is 19.1 Å². The predicted octanol–water partition coefficient (Wildman–Crippen LogP) is 6.25. The third-order valence-electron chi connectivity index (χ3n) is 4.13. The lowest BCUT2D eigenvalue weighted by Crippen LogP contribution is -2.15. The minimum Gasteiger partial charge on any atom is -0.465 e. The number of methoxy groups -OCH3 is 2. The monoisotopic (exact) mass is 572 g/mol. The van der Waals surface area contributed by atoms with Crippen molar-refractivity contribution in [3.63, 3.8) is 0 Å². The van der Waals surface area contributed by atoms with Gasteiger partial charge in [-0.05, 0) is 56.1 Å². The van der Waals surface area contributed by atoms with Crippen LogP contribution in [-0.2, 0) is 9.47 Å². The van der Waals surface area contributed by atoms with Gasteiger partial charge in [0.15, 0.2) is 0 Å². The van der Waals surface area contributed by atoms with Crippen molar-refractivity contribution in [1.29, 1.82) is 0 Å². The highest BCUT2D eigenvalue weighted by Gasteiger charge is 2.33. The van der Waals surface area contributed by atoms with Crippen LogP contribution in [0, 0.1) is 0 Å². The lowest BCUT2D eigenvalue weighted by molar-refractivity contribution is 0.0557. The SMILES string of the molecule is COC(=O)c1c(C(=O)OC)c(-c2ccc(Br)s2)c2nsnc2c1-c1ccc(Br)s1. The second-order valence-electron chi connectivity index (χ2n) is 5.65. The zero-order valence-corrected chi connectivity index (χ0v) is 20.4. The maximum Gasteiger partial charge on any atom is 0.339 e. The van der Waals surface area contributed by atoms with Gasteiger partial charge in [0.2, 0.25) is 0 Å². The highest BCUT2D eigenvalue weighted by Crippen LogP contribution is 2.46. The van der Waals surface area contributed by atoms with E-state index in [1.54, 1.807) is 0 Å². The molecule has 0 aliphatic heterocycles. The predicted molar refractivity (Wildman–Crippen MR) is 122 cm³/mol. The Balaban J connectivity index is 2.23. The number of ether oxygens (including phenoxy) is 2. The van der Waals surface area contributed by atoms with Gasteiger partial charge in [0.25, 0.3) is 0 Å². The van der Waals surface area contributed by atoms with Crippen molar-refractivity contribution in [3.05, 3.63) is 43.0 Å². The molecule has 0 saturated heterocycles. The molecule has 4 aromatic rings. The van der Waals surface area contributed by atoms with Gasteiger partial charge in [0.05, 0.1) is 44.6 Å². The topological polar surface area (TPSA) is 78.4 Å². The van der Waals surface area contributed by atoms with E-state index in [0.29, 0.717) is 22.2 Å². The van der Waals surface area contributed by atoms with Crippen LogP contribution in [-0.4, -0.2) is 34.9 Å². The van der Waals surface area contributed by atoms with Crippen LogP contribution in [0.15, 0.2) is 31.8 Å². The van der Waals surface area contributed by atoms with Gasteiger partial charge in [-0.2, -0.15) is 8.75 Å². The van der Waals surface area contributed by atoms with E-state index in [0.717, 1.165) is 29.1 Å². The maximum absolute atomic E-state index is 12.9. The Kier molecular flexibility index (Phi) is 5.85. The number of benzene rings is 1. The molecule has 0 N–H and O–H groups in total. The first kappa shape index (κ1) is 20.6. The lowest BCUT2D eigenvalue weighted by Gasteiger charge is -2.16.